The molecule has 0 spiro atoms. The average Bonchev–Trinajstić information content (AvgIpc) is 2.48. The fourth-order valence-corrected chi connectivity index (χ4v) is 3.66. The van der Waals surface area contributed by atoms with Gasteiger partial charge in [0.05, 0.1) is 9.95 Å². The number of thioether (sulfide) groups is 1. The van der Waals surface area contributed by atoms with Crippen molar-refractivity contribution < 1.29 is 14.5 Å². The average molecular weight is 398 g/mol. The van der Waals surface area contributed by atoms with Crippen molar-refractivity contribution in [2.75, 3.05) is 18.9 Å². The van der Waals surface area contributed by atoms with Gasteiger partial charge in [0, 0.05) is 29.1 Å². The number of carbonyl (C=O) groups excluding carboxylic acids is 1. The van der Waals surface area contributed by atoms with Crippen LogP contribution in [0.4, 0.5) is 0 Å². The lowest BCUT2D eigenvalue weighted by atomic mass is 10.3. The van der Waals surface area contributed by atoms with Crippen LogP contribution in [0, 0.1) is 10.1 Å². The van der Waals surface area contributed by atoms with Gasteiger partial charge in [-0.25, -0.2) is 0 Å². The predicted molar refractivity (Wildman–Crippen MR) is 90.6 cm³/mol. The molecule has 1 heterocycles. The molecule has 0 radical (unpaired) electrons. The lowest BCUT2D eigenvalue weighted by Gasteiger charge is -2.22. The number of carbonyl (C=O) groups is 1. The minimum atomic E-state index is -0.781. The number of benzene rings is 1. The Hall–Kier alpha value is -1.15. The largest absolute Gasteiger partial charge is 0.484 e. The van der Waals surface area contributed by atoms with Crippen molar-refractivity contribution in [3.05, 3.63) is 49.1 Å². The van der Waals surface area contributed by atoms with Gasteiger partial charge < -0.3 is 4.74 Å². The van der Waals surface area contributed by atoms with E-state index in [9.17, 15) is 14.9 Å². The molecule has 0 aromatic heterocycles. The van der Waals surface area contributed by atoms with Gasteiger partial charge in [0.2, 0.25) is 0 Å². The first-order valence-electron chi connectivity index (χ1n) is 6.46. The summed E-state index contributed by atoms with van der Waals surface area (Å²) in [7, 11) is 0. The van der Waals surface area contributed by atoms with Gasteiger partial charge >= 0.3 is 5.70 Å². The standard InChI is InChI=1S/C13H11Cl3N2O4S/c14-8-2-3-11(9(15)6-8)22-7-10(19)12(18(20)21)13-17(16)4-1-5-23-13/h2-3,6H,1,4-5,7H2. The van der Waals surface area contributed by atoms with E-state index in [0.29, 0.717) is 17.3 Å². The smallest absolute Gasteiger partial charge is 0.346 e. The Morgan fingerprint density at radius 3 is 2.78 bits per heavy atom. The van der Waals surface area contributed by atoms with Crippen LogP contribution in [0.5, 0.6) is 5.75 Å². The molecule has 1 fully saturated rings. The van der Waals surface area contributed by atoms with E-state index in [1.165, 1.54) is 34.4 Å². The van der Waals surface area contributed by atoms with Crippen molar-refractivity contribution >= 4 is 52.5 Å². The molecule has 124 valence electrons. The van der Waals surface area contributed by atoms with Crippen molar-refractivity contribution in [2.45, 2.75) is 6.42 Å². The van der Waals surface area contributed by atoms with Crippen LogP contribution in [-0.4, -0.2) is 34.0 Å². The molecule has 0 atom stereocenters. The third kappa shape index (κ3) is 4.67. The van der Waals surface area contributed by atoms with Crippen LogP contribution in [0.1, 0.15) is 6.42 Å². The van der Waals surface area contributed by atoms with Crippen LogP contribution in [0.15, 0.2) is 28.9 Å². The third-order valence-electron chi connectivity index (χ3n) is 2.86. The van der Waals surface area contributed by atoms with E-state index in [1.807, 2.05) is 0 Å². The zero-order valence-electron chi connectivity index (χ0n) is 11.6. The molecule has 1 aliphatic rings. The number of halogens is 3. The Labute approximate surface area is 151 Å². The van der Waals surface area contributed by atoms with E-state index in [1.54, 1.807) is 0 Å². The van der Waals surface area contributed by atoms with Gasteiger partial charge in [-0.1, -0.05) is 23.2 Å². The summed E-state index contributed by atoms with van der Waals surface area (Å²) in [5, 5.41) is 12.0. The molecule has 0 saturated carbocycles. The molecular weight excluding hydrogens is 387 g/mol. The zero-order chi connectivity index (χ0) is 17.0. The summed E-state index contributed by atoms with van der Waals surface area (Å²) < 4.78 is 6.46. The number of Topliss-reactive ketones (excluding diaryl/α,β-unsaturated/α-hetero) is 1. The van der Waals surface area contributed by atoms with Crippen molar-refractivity contribution in [2.24, 2.45) is 0 Å². The molecule has 1 saturated heterocycles. The van der Waals surface area contributed by atoms with E-state index < -0.39 is 23.0 Å². The van der Waals surface area contributed by atoms with Gasteiger partial charge in [-0.2, -0.15) is 0 Å². The zero-order valence-corrected chi connectivity index (χ0v) is 14.7. The highest BCUT2D eigenvalue weighted by Crippen LogP contribution is 2.32. The van der Waals surface area contributed by atoms with E-state index in [0.717, 1.165) is 6.42 Å². The minimum absolute atomic E-state index is 0.138. The Morgan fingerprint density at radius 2 is 2.17 bits per heavy atom. The second kappa shape index (κ2) is 8.10. The van der Waals surface area contributed by atoms with Crippen LogP contribution >= 0.6 is 46.7 Å². The molecule has 10 heteroatoms. The van der Waals surface area contributed by atoms with E-state index in [2.05, 4.69) is 0 Å². The number of hydrogen-bond acceptors (Lipinski definition) is 6. The lowest BCUT2D eigenvalue weighted by molar-refractivity contribution is -0.420. The maximum Gasteiger partial charge on any atom is 0.346 e. The van der Waals surface area contributed by atoms with Gasteiger partial charge in [0.25, 0.3) is 5.78 Å². The normalized spacial score (nSPS) is 16.9. The molecule has 0 bridgehead atoms. The van der Waals surface area contributed by atoms with Crippen LogP contribution in [0.25, 0.3) is 0 Å². The summed E-state index contributed by atoms with van der Waals surface area (Å²) in [5.41, 5.74) is -0.574. The van der Waals surface area contributed by atoms with Gasteiger partial charge in [-0.05, 0) is 24.6 Å². The molecular formula is C13H11Cl3N2O4S. The van der Waals surface area contributed by atoms with Crippen molar-refractivity contribution in [3.8, 4) is 5.75 Å². The summed E-state index contributed by atoms with van der Waals surface area (Å²) in [6, 6.07) is 4.48. The van der Waals surface area contributed by atoms with Crippen LogP contribution in [0.2, 0.25) is 10.0 Å². The molecule has 1 aliphatic heterocycles. The number of nitrogens with zero attached hydrogens (tertiary/aromatic N) is 2. The molecule has 23 heavy (non-hydrogen) atoms. The summed E-state index contributed by atoms with van der Waals surface area (Å²) in [4.78, 5) is 22.7. The fraction of sp³-hybridized carbons (Fsp3) is 0.308. The lowest BCUT2D eigenvalue weighted by Crippen LogP contribution is -2.27. The van der Waals surface area contributed by atoms with Gasteiger partial charge in [0.1, 0.15) is 5.75 Å². The fourth-order valence-electron chi connectivity index (χ4n) is 1.83. The van der Waals surface area contributed by atoms with E-state index in [-0.39, 0.29) is 15.8 Å². The van der Waals surface area contributed by atoms with Crippen LogP contribution < -0.4 is 4.74 Å². The first-order valence-corrected chi connectivity index (χ1v) is 8.54. The van der Waals surface area contributed by atoms with Gasteiger partial charge in [-0.15, -0.1) is 11.8 Å². The van der Waals surface area contributed by atoms with Crippen molar-refractivity contribution in [3.63, 3.8) is 0 Å². The van der Waals surface area contributed by atoms with E-state index >= 15 is 0 Å². The third-order valence-corrected chi connectivity index (χ3v) is 5.01. The Balaban J connectivity index is 2.16. The number of nitro groups is 1. The number of ether oxygens (including phenoxy) is 1. The first kappa shape index (κ1) is 18.2. The molecule has 2 rings (SSSR count). The quantitative estimate of drug-likeness (QED) is 0.324. The highest BCUT2D eigenvalue weighted by molar-refractivity contribution is 8.03. The highest BCUT2D eigenvalue weighted by Gasteiger charge is 2.32. The van der Waals surface area contributed by atoms with Crippen LogP contribution in [0.3, 0.4) is 0 Å². The first-order chi connectivity index (χ1) is 10.9. The number of rotatable bonds is 5. The molecule has 1 aromatic rings. The predicted octanol–water partition coefficient (Wildman–Crippen LogP) is 3.98. The Morgan fingerprint density at radius 1 is 1.43 bits per heavy atom. The van der Waals surface area contributed by atoms with E-state index in [4.69, 9.17) is 39.7 Å². The number of ketones is 1. The van der Waals surface area contributed by atoms with Crippen molar-refractivity contribution in [1.82, 2.24) is 4.42 Å². The molecule has 1 aromatic carbocycles. The molecule has 0 unspecified atom stereocenters. The van der Waals surface area contributed by atoms with Crippen molar-refractivity contribution in [1.29, 1.82) is 0 Å². The van der Waals surface area contributed by atoms with Gasteiger partial charge in [0.15, 0.2) is 11.6 Å². The molecule has 0 aliphatic carbocycles. The minimum Gasteiger partial charge on any atom is -0.484 e. The maximum absolute atomic E-state index is 12.2. The summed E-state index contributed by atoms with van der Waals surface area (Å²) in [6.07, 6.45) is 0.785. The summed E-state index contributed by atoms with van der Waals surface area (Å²) >= 11 is 18.8. The maximum atomic E-state index is 12.2. The second-order valence-electron chi connectivity index (χ2n) is 4.49. The number of hydrogen-bond donors (Lipinski definition) is 0. The monoisotopic (exact) mass is 396 g/mol. The molecule has 0 N–H and O–H groups in total. The Bertz CT molecular complexity index is 669. The molecule has 0 amide bonds. The topological polar surface area (TPSA) is 72.7 Å². The SMILES string of the molecule is O=C(COc1ccc(Cl)cc1Cl)C(=C1SCCCN1Cl)[N+](=O)[O-]. The second-order valence-corrected chi connectivity index (χ2v) is 6.82. The Kier molecular flexibility index (Phi) is 6.41. The van der Waals surface area contributed by atoms with Crippen LogP contribution in [-0.2, 0) is 4.79 Å². The highest BCUT2D eigenvalue weighted by atomic mass is 35.5. The van der Waals surface area contributed by atoms with Gasteiger partial charge in [-0.3, -0.25) is 19.3 Å². The summed E-state index contributed by atoms with van der Waals surface area (Å²) in [6.45, 7) is -0.0785. The molecule has 6 nitrogen and oxygen atoms in total. The summed E-state index contributed by atoms with van der Waals surface area (Å²) in [5.74, 6) is 0.0970.